The fourth-order valence-electron chi connectivity index (χ4n) is 2.34. The van der Waals surface area contributed by atoms with E-state index in [0.717, 1.165) is 32.6 Å². The molecule has 0 saturated heterocycles. The van der Waals surface area contributed by atoms with E-state index < -0.39 is 0 Å². The summed E-state index contributed by atoms with van der Waals surface area (Å²) in [4.78, 5) is 0. The maximum absolute atomic E-state index is 5.63. The number of benzene rings is 1. The predicted octanol–water partition coefficient (Wildman–Crippen LogP) is 3.58. The summed E-state index contributed by atoms with van der Waals surface area (Å²) >= 11 is 0. The highest BCUT2D eigenvalue weighted by molar-refractivity contribution is 5.21. The number of hydrogen-bond acceptors (Lipinski definition) is 2. The predicted molar refractivity (Wildman–Crippen MR) is 78.0 cm³/mol. The van der Waals surface area contributed by atoms with Crippen molar-refractivity contribution < 1.29 is 4.74 Å². The summed E-state index contributed by atoms with van der Waals surface area (Å²) in [6, 6.07) is 11.2. The Kier molecular flexibility index (Phi) is 7.70. The Balaban J connectivity index is 2.72. The molecule has 1 aromatic rings. The summed E-state index contributed by atoms with van der Waals surface area (Å²) in [5, 5.41) is 3.63. The van der Waals surface area contributed by atoms with E-state index in [1.807, 2.05) is 0 Å². The molecule has 0 aliphatic rings. The van der Waals surface area contributed by atoms with Crippen LogP contribution in [0.2, 0.25) is 0 Å². The van der Waals surface area contributed by atoms with Gasteiger partial charge in [0.25, 0.3) is 0 Å². The zero-order chi connectivity index (χ0) is 13.2. The molecule has 1 N–H and O–H groups in total. The molecule has 0 heterocycles. The third kappa shape index (κ3) is 4.79. The van der Waals surface area contributed by atoms with Gasteiger partial charge < -0.3 is 10.1 Å². The highest BCUT2D eigenvalue weighted by Crippen LogP contribution is 2.23. The van der Waals surface area contributed by atoms with Crippen molar-refractivity contribution in [1.29, 1.82) is 0 Å². The highest BCUT2D eigenvalue weighted by Gasteiger charge is 2.20. The molecule has 0 aliphatic heterocycles. The van der Waals surface area contributed by atoms with Crippen molar-refractivity contribution in [3.8, 4) is 0 Å². The number of ether oxygens (including phenoxy) is 1. The first-order chi connectivity index (χ1) is 8.83. The van der Waals surface area contributed by atoms with Crippen LogP contribution in [0.4, 0.5) is 0 Å². The van der Waals surface area contributed by atoms with Crippen LogP contribution in [0.1, 0.15) is 45.1 Å². The van der Waals surface area contributed by atoms with Crippen molar-refractivity contribution in [2.24, 2.45) is 0 Å². The molecule has 102 valence electrons. The molecule has 1 rings (SSSR count). The van der Waals surface area contributed by atoms with Crippen molar-refractivity contribution in [3.63, 3.8) is 0 Å². The van der Waals surface area contributed by atoms with Crippen LogP contribution in [0.15, 0.2) is 30.3 Å². The Morgan fingerprint density at radius 2 is 1.83 bits per heavy atom. The van der Waals surface area contributed by atoms with Crippen LogP contribution >= 0.6 is 0 Å². The molecule has 0 spiro atoms. The first-order valence-electron chi connectivity index (χ1n) is 7.19. The molecule has 0 radical (unpaired) electrons. The van der Waals surface area contributed by atoms with Crippen LogP contribution in [-0.2, 0) is 4.74 Å². The highest BCUT2D eigenvalue weighted by atomic mass is 16.5. The molecule has 0 aromatic heterocycles. The molecule has 0 bridgehead atoms. The van der Waals surface area contributed by atoms with E-state index >= 15 is 0 Å². The molecule has 0 aliphatic carbocycles. The first kappa shape index (κ1) is 15.2. The van der Waals surface area contributed by atoms with E-state index in [1.165, 1.54) is 5.56 Å². The Morgan fingerprint density at radius 3 is 2.39 bits per heavy atom. The minimum atomic E-state index is 0.414. The second-order valence-corrected chi connectivity index (χ2v) is 4.65. The fourth-order valence-corrected chi connectivity index (χ4v) is 2.34. The van der Waals surface area contributed by atoms with Gasteiger partial charge in [0.2, 0.25) is 0 Å². The quantitative estimate of drug-likeness (QED) is 0.722. The zero-order valence-corrected chi connectivity index (χ0v) is 12.0. The average Bonchev–Trinajstić information content (AvgIpc) is 2.43. The standard InChI is InChI=1S/C16H27NO/c1-4-12-17-16(13-18-6-3)15(5-2)14-10-8-7-9-11-14/h7-11,15-17H,4-6,12-13H2,1-3H3. The van der Waals surface area contributed by atoms with Crippen molar-refractivity contribution >= 4 is 0 Å². The fraction of sp³-hybridized carbons (Fsp3) is 0.625. The zero-order valence-electron chi connectivity index (χ0n) is 12.0. The molecule has 0 saturated carbocycles. The van der Waals surface area contributed by atoms with E-state index in [4.69, 9.17) is 4.74 Å². The summed E-state index contributed by atoms with van der Waals surface area (Å²) in [6.45, 7) is 9.15. The number of nitrogens with one attached hydrogen (secondary N) is 1. The lowest BCUT2D eigenvalue weighted by Crippen LogP contribution is -2.39. The van der Waals surface area contributed by atoms with Gasteiger partial charge >= 0.3 is 0 Å². The van der Waals surface area contributed by atoms with Crippen molar-refractivity contribution in [3.05, 3.63) is 35.9 Å². The first-order valence-corrected chi connectivity index (χ1v) is 7.19. The molecule has 0 fully saturated rings. The topological polar surface area (TPSA) is 21.3 Å². The Labute approximate surface area is 112 Å². The van der Waals surface area contributed by atoms with Crippen molar-refractivity contribution in [1.82, 2.24) is 5.32 Å². The Morgan fingerprint density at radius 1 is 1.11 bits per heavy atom. The molecule has 2 atom stereocenters. The van der Waals surface area contributed by atoms with Gasteiger partial charge in [-0.3, -0.25) is 0 Å². The minimum Gasteiger partial charge on any atom is -0.380 e. The summed E-state index contributed by atoms with van der Waals surface area (Å²) in [6.07, 6.45) is 2.30. The lowest BCUT2D eigenvalue weighted by Gasteiger charge is -2.27. The summed E-state index contributed by atoms with van der Waals surface area (Å²) in [5.74, 6) is 0.532. The molecular weight excluding hydrogens is 222 g/mol. The third-order valence-corrected chi connectivity index (χ3v) is 3.31. The third-order valence-electron chi connectivity index (χ3n) is 3.31. The van der Waals surface area contributed by atoms with Gasteiger partial charge in [-0.2, -0.15) is 0 Å². The molecule has 0 amide bonds. The average molecular weight is 249 g/mol. The molecule has 2 unspecified atom stereocenters. The second kappa shape index (κ2) is 9.12. The molecular formula is C16H27NO. The van der Waals surface area contributed by atoms with Gasteiger partial charge in [-0.1, -0.05) is 44.2 Å². The smallest absolute Gasteiger partial charge is 0.0625 e. The van der Waals surface area contributed by atoms with E-state index in [9.17, 15) is 0 Å². The van der Waals surface area contributed by atoms with E-state index in [-0.39, 0.29) is 0 Å². The van der Waals surface area contributed by atoms with Crippen LogP contribution in [0.25, 0.3) is 0 Å². The van der Waals surface area contributed by atoms with Crippen LogP contribution in [0.3, 0.4) is 0 Å². The maximum Gasteiger partial charge on any atom is 0.0625 e. The van der Waals surface area contributed by atoms with Gasteiger partial charge in [0.1, 0.15) is 0 Å². The van der Waals surface area contributed by atoms with Gasteiger partial charge in [0.15, 0.2) is 0 Å². The monoisotopic (exact) mass is 249 g/mol. The molecule has 18 heavy (non-hydrogen) atoms. The van der Waals surface area contributed by atoms with Gasteiger partial charge in [-0.25, -0.2) is 0 Å². The van der Waals surface area contributed by atoms with E-state index in [0.29, 0.717) is 12.0 Å². The summed E-state index contributed by atoms with van der Waals surface area (Å²) in [7, 11) is 0. The second-order valence-electron chi connectivity index (χ2n) is 4.65. The largest absolute Gasteiger partial charge is 0.380 e. The normalized spacial score (nSPS) is 14.4. The summed E-state index contributed by atoms with van der Waals surface area (Å²) in [5.41, 5.74) is 1.41. The summed E-state index contributed by atoms with van der Waals surface area (Å²) < 4.78 is 5.63. The lowest BCUT2D eigenvalue weighted by atomic mass is 9.89. The van der Waals surface area contributed by atoms with E-state index in [1.54, 1.807) is 0 Å². The lowest BCUT2D eigenvalue weighted by molar-refractivity contribution is 0.113. The SMILES string of the molecule is CCCNC(COCC)C(CC)c1ccccc1. The molecule has 1 aromatic carbocycles. The van der Waals surface area contributed by atoms with Gasteiger partial charge in [0, 0.05) is 18.6 Å². The molecule has 2 nitrogen and oxygen atoms in total. The Hall–Kier alpha value is -0.860. The van der Waals surface area contributed by atoms with Crippen LogP contribution in [0, 0.1) is 0 Å². The Bertz CT molecular complexity index is 291. The number of hydrogen-bond donors (Lipinski definition) is 1. The van der Waals surface area contributed by atoms with Crippen molar-refractivity contribution in [2.45, 2.75) is 45.6 Å². The number of rotatable bonds is 9. The van der Waals surface area contributed by atoms with Crippen LogP contribution in [-0.4, -0.2) is 25.8 Å². The minimum absolute atomic E-state index is 0.414. The van der Waals surface area contributed by atoms with Crippen LogP contribution < -0.4 is 5.32 Å². The van der Waals surface area contributed by atoms with Crippen LogP contribution in [0.5, 0.6) is 0 Å². The van der Waals surface area contributed by atoms with Gasteiger partial charge in [-0.15, -0.1) is 0 Å². The van der Waals surface area contributed by atoms with Gasteiger partial charge in [0.05, 0.1) is 6.61 Å². The maximum atomic E-state index is 5.63. The van der Waals surface area contributed by atoms with Gasteiger partial charge in [-0.05, 0) is 31.9 Å². The van der Waals surface area contributed by atoms with Crippen molar-refractivity contribution in [2.75, 3.05) is 19.8 Å². The van der Waals surface area contributed by atoms with E-state index in [2.05, 4.69) is 56.4 Å². The molecule has 2 heteroatoms.